The molecular weight excluding hydrogens is 272 g/mol. The molecule has 0 amide bonds. The molecule has 0 aliphatic rings. The third kappa shape index (κ3) is 2.61. The van der Waals surface area contributed by atoms with Gasteiger partial charge in [-0.25, -0.2) is 0 Å². The summed E-state index contributed by atoms with van der Waals surface area (Å²) in [6.45, 7) is 6.47. The van der Waals surface area contributed by atoms with Crippen LogP contribution in [0, 0.1) is 20.8 Å². The molecule has 0 saturated carbocycles. The van der Waals surface area contributed by atoms with Crippen LogP contribution in [0.5, 0.6) is 0 Å². The highest BCUT2D eigenvalue weighted by molar-refractivity contribution is 9.09. The van der Waals surface area contributed by atoms with Crippen molar-refractivity contribution in [3.8, 4) is 0 Å². The van der Waals surface area contributed by atoms with E-state index in [4.69, 9.17) is 0 Å². The van der Waals surface area contributed by atoms with Gasteiger partial charge in [0.15, 0.2) is 0 Å². The highest BCUT2D eigenvalue weighted by Gasteiger charge is 2.14. The van der Waals surface area contributed by atoms with Crippen molar-refractivity contribution in [1.82, 2.24) is 0 Å². The van der Waals surface area contributed by atoms with Crippen LogP contribution in [0.4, 0.5) is 0 Å². The minimum Gasteiger partial charge on any atom is -0.0786 e. The third-order valence-electron chi connectivity index (χ3n) is 3.17. The average Bonchev–Trinajstić information content (AvgIpc) is 2.32. The van der Waals surface area contributed by atoms with E-state index >= 15 is 0 Å². The molecule has 2 rings (SSSR count). The first-order valence-corrected chi connectivity index (χ1v) is 6.78. The molecule has 0 N–H and O–H groups in total. The second-order valence-corrected chi connectivity index (χ2v) is 5.49. The summed E-state index contributed by atoms with van der Waals surface area (Å²) in [5.41, 5.74) is 6.68. The molecule has 0 heterocycles. The Bertz CT molecular complexity index is 529. The molecule has 1 heteroatoms. The van der Waals surface area contributed by atoms with E-state index in [0.717, 1.165) is 0 Å². The first-order chi connectivity index (χ1) is 8.09. The van der Waals surface area contributed by atoms with E-state index in [1.165, 1.54) is 27.8 Å². The fraction of sp³-hybridized carbons (Fsp3) is 0.250. The summed E-state index contributed by atoms with van der Waals surface area (Å²) in [7, 11) is 0. The van der Waals surface area contributed by atoms with Gasteiger partial charge in [-0.1, -0.05) is 64.0 Å². The molecule has 0 saturated heterocycles. The van der Waals surface area contributed by atoms with Crippen molar-refractivity contribution in [1.29, 1.82) is 0 Å². The second-order valence-electron chi connectivity index (χ2n) is 4.58. The summed E-state index contributed by atoms with van der Waals surface area (Å²) in [5.74, 6) is 0. The number of hydrogen-bond acceptors (Lipinski definition) is 0. The van der Waals surface area contributed by atoms with Gasteiger partial charge in [0.25, 0.3) is 0 Å². The molecule has 0 aliphatic carbocycles. The largest absolute Gasteiger partial charge is 0.0786 e. The molecule has 1 atom stereocenters. The van der Waals surface area contributed by atoms with E-state index in [9.17, 15) is 0 Å². The summed E-state index contributed by atoms with van der Waals surface area (Å²) in [6.07, 6.45) is 0. The van der Waals surface area contributed by atoms with Gasteiger partial charge in [-0.3, -0.25) is 0 Å². The van der Waals surface area contributed by atoms with E-state index in [1.54, 1.807) is 0 Å². The molecule has 0 radical (unpaired) electrons. The van der Waals surface area contributed by atoms with Crippen LogP contribution in [-0.2, 0) is 0 Å². The van der Waals surface area contributed by atoms with Crippen LogP contribution in [0.2, 0.25) is 0 Å². The Kier molecular flexibility index (Phi) is 3.68. The van der Waals surface area contributed by atoms with Gasteiger partial charge in [-0.15, -0.1) is 0 Å². The summed E-state index contributed by atoms with van der Waals surface area (Å²) in [4.78, 5) is 0.281. The summed E-state index contributed by atoms with van der Waals surface area (Å²) >= 11 is 3.83. The normalized spacial score (nSPS) is 12.5. The number of alkyl halides is 1. The fourth-order valence-electron chi connectivity index (χ4n) is 2.07. The van der Waals surface area contributed by atoms with E-state index < -0.39 is 0 Å². The lowest BCUT2D eigenvalue weighted by Crippen LogP contribution is -1.98. The molecule has 0 bridgehead atoms. The van der Waals surface area contributed by atoms with Crippen LogP contribution in [0.3, 0.4) is 0 Å². The molecule has 0 aromatic heterocycles. The zero-order valence-electron chi connectivity index (χ0n) is 10.5. The highest BCUT2D eigenvalue weighted by Crippen LogP contribution is 2.34. The minimum absolute atomic E-state index is 0.281. The van der Waals surface area contributed by atoms with Crippen LogP contribution in [0.15, 0.2) is 42.5 Å². The predicted octanol–water partition coefficient (Wildman–Crippen LogP) is 5.10. The zero-order valence-corrected chi connectivity index (χ0v) is 12.1. The van der Waals surface area contributed by atoms with Gasteiger partial charge in [-0.05, 0) is 43.0 Å². The molecule has 2 aromatic carbocycles. The lowest BCUT2D eigenvalue weighted by molar-refractivity contribution is 1.11. The maximum atomic E-state index is 3.83. The quantitative estimate of drug-likeness (QED) is 0.675. The van der Waals surface area contributed by atoms with E-state index in [1.807, 2.05) is 0 Å². The van der Waals surface area contributed by atoms with Crippen molar-refractivity contribution in [2.24, 2.45) is 0 Å². The molecule has 0 spiro atoms. The minimum atomic E-state index is 0.281. The van der Waals surface area contributed by atoms with Crippen LogP contribution in [0.25, 0.3) is 0 Å². The number of aryl methyl sites for hydroxylation is 3. The molecule has 1 unspecified atom stereocenters. The van der Waals surface area contributed by atoms with Crippen LogP contribution in [-0.4, -0.2) is 0 Å². The Morgan fingerprint density at radius 3 is 2.18 bits per heavy atom. The van der Waals surface area contributed by atoms with Gasteiger partial charge in [-0.2, -0.15) is 0 Å². The summed E-state index contributed by atoms with van der Waals surface area (Å²) in [5, 5.41) is 0. The molecule has 0 aliphatic heterocycles. The molecule has 0 nitrogen and oxygen atoms in total. The van der Waals surface area contributed by atoms with E-state index in [0.29, 0.717) is 0 Å². The maximum absolute atomic E-state index is 3.83. The Morgan fingerprint density at radius 2 is 1.47 bits per heavy atom. The van der Waals surface area contributed by atoms with Crippen molar-refractivity contribution >= 4 is 15.9 Å². The topological polar surface area (TPSA) is 0 Å². The number of hydrogen-bond donors (Lipinski definition) is 0. The smallest absolute Gasteiger partial charge is 0.0649 e. The van der Waals surface area contributed by atoms with E-state index in [-0.39, 0.29) is 4.83 Å². The van der Waals surface area contributed by atoms with Crippen molar-refractivity contribution in [2.45, 2.75) is 25.6 Å². The first kappa shape index (κ1) is 12.4. The third-order valence-corrected chi connectivity index (χ3v) is 4.16. The lowest BCUT2D eigenvalue weighted by atomic mass is 9.96. The number of halogens is 1. The molecule has 2 aromatic rings. The van der Waals surface area contributed by atoms with Crippen LogP contribution >= 0.6 is 15.9 Å². The highest BCUT2D eigenvalue weighted by atomic mass is 79.9. The lowest BCUT2D eigenvalue weighted by Gasteiger charge is -2.16. The van der Waals surface area contributed by atoms with Crippen molar-refractivity contribution in [3.63, 3.8) is 0 Å². The second kappa shape index (κ2) is 5.05. The summed E-state index contributed by atoms with van der Waals surface area (Å²) in [6, 6.07) is 15.2. The number of benzene rings is 2. The summed E-state index contributed by atoms with van der Waals surface area (Å²) < 4.78 is 0. The monoisotopic (exact) mass is 288 g/mol. The van der Waals surface area contributed by atoms with Gasteiger partial charge >= 0.3 is 0 Å². The Morgan fingerprint density at radius 1 is 0.824 bits per heavy atom. The molecule has 17 heavy (non-hydrogen) atoms. The van der Waals surface area contributed by atoms with Gasteiger partial charge in [0, 0.05) is 0 Å². The van der Waals surface area contributed by atoms with Gasteiger partial charge in [0.1, 0.15) is 0 Å². The molecular formula is C16H17Br. The molecule has 88 valence electrons. The van der Waals surface area contributed by atoms with Gasteiger partial charge in [0.2, 0.25) is 0 Å². The van der Waals surface area contributed by atoms with E-state index in [2.05, 4.69) is 79.2 Å². The zero-order chi connectivity index (χ0) is 12.4. The van der Waals surface area contributed by atoms with Crippen molar-refractivity contribution in [3.05, 3.63) is 70.3 Å². The van der Waals surface area contributed by atoms with Crippen LogP contribution in [0.1, 0.15) is 32.6 Å². The predicted molar refractivity (Wildman–Crippen MR) is 77.9 cm³/mol. The van der Waals surface area contributed by atoms with Crippen molar-refractivity contribution < 1.29 is 0 Å². The standard InChI is InChI=1S/C16H17Br/c1-11-8-9-13(3)15(10-11)16(17)14-7-5-4-6-12(14)2/h4-10,16H,1-3H3. The fourth-order valence-corrected chi connectivity index (χ4v) is 3.08. The molecule has 0 fully saturated rings. The average molecular weight is 289 g/mol. The number of rotatable bonds is 2. The van der Waals surface area contributed by atoms with Crippen molar-refractivity contribution in [2.75, 3.05) is 0 Å². The van der Waals surface area contributed by atoms with Gasteiger partial charge in [0.05, 0.1) is 4.83 Å². The Hall–Kier alpha value is -1.08. The maximum Gasteiger partial charge on any atom is 0.0649 e. The first-order valence-electron chi connectivity index (χ1n) is 5.86. The Labute approximate surface area is 112 Å². The van der Waals surface area contributed by atoms with Gasteiger partial charge < -0.3 is 0 Å². The van der Waals surface area contributed by atoms with Crippen LogP contribution < -0.4 is 0 Å². The SMILES string of the molecule is Cc1ccc(C)c(C(Br)c2ccccc2C)c1. The Balaban J connectivity index is 2.47.